The molecule has 1 atom stereocenters. The van der Waals surface area contributed by atoms with Crippen molar-refractivity contribution in [3.8, 4) is 5.75 Å². The molecule has 0 aliphatic rings. The van der Waals surface area contributed by atoms with Crippen LogP contribution in [0.1, 0.15) is 40.9 Å². The Kier molecular flexibility index (Phi) is 10.1. The molecule has 0 aromatic heterocycles. The van der Waals surface area contributed by atoms with Crippen molar-refractivity contribution >= 4 is 29.0 Å². The Morgan fingerprint density at radius 2 is 1.55 bits per heavy atom. The zero-order chi connectivity index (χ0) is 30.1. The topological polar surface area (TPSA) is 95.9 Å². The molecule has 0 saturated carbocycles. The van der Waals surface area contributed by atoms with Gasteiger partial charge in [0.05, 0.1) is 6.54 Å². The zero-order valence-electron chi connectivity index (χ0n) is 24.1. The Bertz CT molecular complexity index is 1520. The lowest BCUT2D eigenvalue weighted by Crippen LogP contribution is -2.37. The summed E-state index contributed by atoms with van der Waals surface area (Å²) in [5, 5.41) is 13.0. The average Bonchev–Trinajstić information content (AvgIpc) is 2.99. The summed E-state index contributed by atoms with van der Waals surface area (Å²) in [4.78, 5) is 39.9. The summed E-state index contributed by atoms with van der Waals surface area (Å²) < 4.78 is 5.94. The highest BCUT2D eigenvalue weighted by molar-refractivity contribution is 6.12. The number of para-hydroxylation sites is 1. The molecule has 0 fully saturated rings. The Labute approximate surface area is 246 Å². The maximum absolute atomic E-state index is 13.1. The van der Waals surface area contributed by atoms with Crippen molar-refractivity contribution in [3.05, 3.63) is 125 Å². The number of aryl methyl sites for hydroxylation is 1. The number of hydrogen-bond donors (Lipinski definition) is 2. The molecule has 0 bridgehead atoms. The van der Waals surface area contributed by atoms with Crippen LogP contribution in [0.15, 0.2) is 103 Å². The Balaban J connectivity index is 1.39. The van der Waals surface area contributed by atoms with Crippen LogP contribution in [0.3, 0.4) is 0 Å². The van der Waals surface area contributed by atoms with Crippen molar-refractivity contribution in [2.24, 2.45) is 5.92 Å². The fourth-order valence-corrected chi connectivity index (χ4v) is 4.63. The van der Waals surface area contributed by atoms with E-state index in [1.54, 1.807) is 65.6 Å². The number of carbonyl (C=O) groups is 3. The lowest BCUT2D eigenvalue weighted by atomic mass is 10.00. The number of hydrogen-bond acceptors (Lipinski definition) is 5. The first-order valence-electron chi connectivity index (χ1n) is 14.0. The number of carboxylic acid groups (broad SMARTS) is 1. The normalized spacial score (nSPS) is 11.5. The number of aliphatic carboxylic acids is 1. The molecule has 4 rings (SSSR count). The van der Waals surface area contributed by atoms with E-state index >= 15 is 0 Å². The minimum absolute atomic E-state index is 0.0267. The number of nitrogens with one attached hydrogen (secondary N) is 1. The van der Waals surface area contributed by atoms with Crippen LogP contribution in [0.2, 0.25) is 0 Å². The van der Waals surface area contributed by atoms with Gasteiger partial charge in [0, 0.05) is 34.8 Å². The predicted molar refractivity (Wildman–Crippen MR) is 165 cm³/mol. The SMILES string of the molecule is Cc1cccc(N(CCOc2ccc(C[C@H](Nc3ccccc3C(=O)c3ccccc3)C(=O)O)cc2)C(=O)C(C)C)c1. The third-order valence-electron chi connectivity index (χ3n) is 6.86. The average molecular weight is 565 g/mol. The summed E-state index contributed by atoms with van der Waals surface area (Å²) in [7, 11) is 0. The highest BCUT2D eigenvalue weighted by atomic mass is 16.5. The van der Waals surface area contributed by atoms with Crippen LogP contribution in [0.4, 0.5) is 11.4 Å². The molecule has 0 saturated heterocycles. The second-order valence-corrected chi connectivity index (χ2v) is 10.5. The molecule has 4 aromatic rings. The van der Waals surface area contributed by atoms with Gasteiger partial charge in [-0.1, -0.05) is 80.6 Å². The van der Waals surface area contributed by atoms with Crippen molar-refractivity contribution in [2.45, 2.75) is 33.2 Å². The molecule has 0 aliphatic heterocycles. The number of rotatable bonds is 13. The second-order valence-electron chi connectivity index (χ2n) is 10.5. The lowest BCUT2D eigenvalue weighted by Gasteiger charge is -2.25. The third kappa shape index (κ3) is 7.85. The molecule has 42 heavy (non-hydrogen) atoms. The first-order valence-corrected chi connectivity index (χ1v) is 14.0. The fourth-order valence-electron chi connectivity index (χ4n) is 4.63. The number of ether oxygens (including phenoxy) is 1. The molecular formula is C35H36N2O5. The van der Waals surface area contributed by atoms with Gasteiger partial charge in [-0.2, -0.15) is 0 Å². The molecule has 216 valence electrons. The maximum atomic E-state index is 13.1. The van der Waals surface area contributed by atoms with E-state index in [4.69, 9.17) is 4.74 Å². The maximum Gasteiger partial charge on any atom is 0.326 e. The van der Waals surface area contributed by atoms with Gasteiger partial charge in [0.2, 0.25) is 5.91 Å². The molecule has 0 unspecified atom stereocenters. The summed E-state index contributed by atoms with van der Waals surface area (Å²) >= 11 is 0. The van der Waals surface area contributed by atoms with E-state index in [1.807, 2.05) is 63.2 Å². The van der Waals surface area contributed by atoms with Crippen molar-refractivity contribution in [1.82, 2.24) is 0 Å². The van der Waals surface area contributed by atoms with Gasteiger partial charge < -0.3 is 20.1 Å². The van der Waals surface area contributed by atoms with Crippen molar-refractivity contribution in [1.29, 1.82) is 0 Å². The van der Waals surface area contributed by atoms with E-state index in [2.05, 4.69) is 5.32 Å². The van der Waals surface area contributed by atoms with E-state index in [0.717, 1.165) is 16.8 Å². The number of amides is 1. The molecule has 0 radical (unpaired) electrons. The van der Waals surface area contributed by atoms with Gasteiger partial charge in [-0.25, -0.2) is 4.79 Å². The fraction of sp³-hybridized carbons (Fsp3) is 0.229. The van der Waals surface area contributed by atoms with Gasteiger partial charge in [0.1, 0.15) is 18.4 Å². The van der Waals surface area contributed by atoms with Gasteiger partial charge in [-0.15, -0.1) is 0 Å². The number of carbonyl (C=O) groups excluding carboxylic acids is 2. The van der Waals surface area contributed by atoms with E-state index in [-0.39, 0.29) is 24.0 Å². The van der Waals surface area contributed by atoms with E-state index in [1.165, 1.54) is 0 Å². The molecule has 1 amide bonds. The van der Waals surface area contributed by atoms with Crippen molar-refractivity contribution < 1.29 is 24.2 Å². The molecule has 4 aromatic carbocycles. The van der Waals surface area contributed by atoms with Crippen LogP contribution < -0.4 is 15.0 Å². The number of nitrogens with zero attached hydrogens (tertiary/aromatic N) is 1. The Morgan fingerprint density at radius 3 is 2.21 bits per heavy atom. The number of ketones is 1. The number of benzene rings is 4. The van der Waals surface area contributed by atoms with Crippen LogP contribution in [-0.2, 0) is 16.0 Å². The van der Waals surface area contributed by atoms with Crippen molar-refractivity contribution in [2.75, 3.05) is 23.4 Å². The van der Waals surface area contributed by atoms with E-state index in [9.17, 15) is 19.5 Å². The highest BCUT2D eigenvalue weighted by Crippen LogP contribution is 2.23. The lowest BCUT2D eigenvalue weighted by molar-refractivity contribution is -0.137. The van der Waals surface area contributed by atoms with Gasteiger partial charge >= 0.3 is 5.97 Å². The first-order chi connectivity index (χ1) is 20.2. The molecular weight excluding hydrogens is 528 g/mol. The third-order valence-corrected chi connectivity index (χ3v) is 6.86. The standard InChI is InChI=1S/C35H36N2O5/c1-24(2)34(39)37(28-13-9-10-25(3)22-28)20-21-42-29-18-16-26(17-19-29)23-32(35(40)41)36-31-15-8-7-14-30(31)33(38)27-11-5-4-6-12-27/h4-19,22,24,32,36H,20-21,23H2,1-3H3,(H,40,41)/t32-/m0/s1. The predicted octanol–water partition coefficient (Wildman–Crippen LogP) is 6.40. The quantitative estimate of drug-likeness (QED) is 0.182. The summed E-state index contributed by atoms with van der Waals surface area (Å²) in [6.07, 6.45) is 0.202. The molecule has 7 nitrogen and oxygen atoms in total. The van der Waals surface area contributed by atoms with Crippen LogP contribution in [0.25, 0.3) is 0 Å². The Hall–Kier alpha value is -4.91. The van der Waals surface area contributed by atoms with Crippen LogP contribution in [0.5, 0.6) is 5.75 Å². The molecule has 0 aliphatic carbocycles. The largest absolute Gasteiger partial charge is 0.492 e. The van der Waals surface area contributed by atoms with Crippen LogP contribution in [0, 0.1) is 12.8 Å². The molecule has 2 N–H and O–H groups in total. The smallest absolute Gasteiger partial charge is 0.326 e. The van der Waals surface area contributed by atoms with Gasteiger partial charge in [0.15, 0.2) is 5.78 Å². The van der Waals surface area contributed by atoms with Crippen LogP contribution in [-0.4, -0.2) is 42.0 Å². The summed E-state index contributed by atoms with van der Waals surface area (Å²) in [6, 6.07) is 30.0. The number of carboxylic acids is 1. The molecule has 0 heterocycles. The minimum atomic E-state index is -1.02. The summed E-state index contributed by atoms with van der Waals surface area (Å²) in [5.74, 6) is -0.704. The second kappa shape index (κ2) is 14.1. The van der Waals surface area contributed by atoms with Gasteiger partial charge in [-0.05, 0) is 54.4 Å². The first kappa shape index (κ1) is 30.1. The summed E-state index contributed by atoms with van der Waals surface area (Å²) in [5.41, 5.74) is 4.12. The van der Waals surface area contributed by atoms with E-state index in [0.29, 0.717) is 35.7 Å². The minimum Gasteiger partial charge on any atom is -0.492 e. The summed E-state index contributed by atoms with van der Waals surface area (Å²) in [6.45, 7) is 6.45. The monoisotopic (exact) mass is 564 g/mol. The number of anilines is 2. The van der Waals surface area contributed by atoms with Crippen LogP contribution >= 0.6 is 0 Å². The van der Waals surface area contributed by atoms with Gasteiger partial charge in [-0.3, -0.25) is 9.59 Å². The molecule has 0 spiro atoms. The van der Waals surface area contributed by atoms with Gasteiger partial charge in [0.25, 0.3) is 0 Å². The van der Waals surface area contributed by atoms with Crippen molar-refractivity contribution in [3.63, 3.8) is 0 Å². The van der Waals surface area contributed by atoms with E-state index < -0.39 is 12.0 Å². The Morgan fingerprint density at radius 1 is 0.857 bits per heavy atom. The zero-order valence-corrected chi connectivity index (χ0v) is 24.1. The molecule has 7 heteroatoms. The highest BCUT2D eigenvalue weighted by Gasteiger charge is 2.22.